The molecule has 25 heavy (non-hydrogen) atoms. The normalized spacial score (nSPS) is 10.6. The molecule has 0 amide bonds. The summed E-state index contributed by atoms with van der Waals surface area (Å²) in [6.07, 6.45) is 0. The van der Waals surface area contributed by atoms with E-state index in [0.29, 0.717) is 16.6 Å². The van der Waals surface area contributed by atoms with E-state index in [9.17, 15) is 19.7 Å². The van der Waals surface area contributed by atoms with Gasteiger partial charge in [-0.2, -0.15) is 0 Å². The predicted octanol–water partition coefficient (Wildman–Crippen LogP) is 3.10. The highest BCUT2D eigenvalue weighted by Gasteiger charge is 2.15. The number of benzene rings is 2. The molecule has 0 aliphatic carbocycles. The van der Waals surface area contributed by atoms with Crippen molar-refractivity contribution in [1.29, 1.82) is 0 Å². The van der Waals surface area contributed by atoms with Crippen molar-refractivity contribution in [2.45, 2.75) is 13.5 Å². The van der Waals surface area contributed by atoms with Gasteiger partial charge in [-0.15, -0.1) is 0 Å². The molecule has 7 heteroatoms. The summed E-state index contributed by atoms with van der Waals surface area (Å²) in [6, 6.07) is 12.9. The van der Waals surface area contributed by atoms with Crippen molar-refractivity contribution in [3.8, 4) is 0 Å². The van der Waals surface area contributed by atoms with Gasteiger partial charge >= 0.3 is 5.97 Å². The van der Waals surface area contributed by atoms with Crippen molar-refractivity contribution >= 4 is 22.6 Å². The average molecular weight is 338 g/mol. The summed E-state index contributed by atoms with van der Waals surface area (Å²) >= 11 is 0. The van der Waals surface area contributed by atoms with E-state index in [0.717, 1.165) is 5.39 Å². The van der Waals surface area contributed by atoms with Crippen molar-refractivity contribution < 1.29 is 14.5 Å². The molecular weight excluding hydrogens is 324 g/mol. The lowest BCUT2D eigenvalue weighted by Crippen LogP contribution is -2.16. The summed E-state index contributed by atoms with van der Waals surface area (Å²) in [5.74, 6) is -0.639. The Kier molecular flexibility index (Phi) is 4.30. The first-order valence-electron chi connectivity index (χ1n) is 7.49. The number of rotatable bonds is 4. The van der Waals surface area contributed by atoms with Crippen LogP contribution in [0.1, 0.15) is 21.5 Å². The number of para-hydroxylation sites is 1. The zero-order valence-electron chi connectivity index (χ0n) is 13.3. The molecule has 0 unspecified atom stereocenters. The molecule has 2 aromatic carbocycles. The second kappa shape index (κ2) is 6.56. The number of nitro groups is 1. The van der Waals surface area contributed by atoms with Gasteiger partial charge in [-0.1, -0.05) is 18.2 Å². The molecule has 0 fully saturated rings. The number of hydrogen-bond donors (Lipinski definition) is 1. The highest BCUT2D eigenvalue weighted by molar-refractivity contribution is 5.91. The number of aryl methyl sites for hydroxylation is 1. The van der Waals surface area contributed by atoms with E-state index in [-0.39, 0.29) is 23.4 Å². The van der Waals surface area contributed by atoms with E-state index in [4.69, 9.17) is 4.74 Å². The molecule has 0 spiro atoms. The predicted molar refractivity (Wildman–Crippen MR) is 91.5 cm³/mol. The summed E-state index contributed by atoms with van der Waals surface area (Å²) in [5.41, 5.74) is 1.27. The van der Waals surface area contributed by atoms with Gasteiger partial charge in [0.25, 0.3) is 11.2 Å². The van der Waals surface area contributed by atoms with Gasteiger partial charge in [0.15, 0.2) is 0 Å². The zero-order valence-corrected chi connectivity index (χ0v) is 13.3. The van der Waals surface area contributed by atoms with Crippen LogP contribution in [0.25, 0.3) is 10.9 Å². The molecule has 7 nitrogen and oxygen atoms in total. The Bertz CT molecular complexity index is 1040. The van der Waals surface area contributed by atoms with Crippen molar-refractivity contribution in [2.24, 2.45) is 0 Å². The Morgan fingerprint density at radius 2 is 1.96 bits per heavy atom. The second-order valence-electron chi connectivity index (χ2n) is 5.54. The topological polar surface area (TPSA) is 102 Å². The van der Waals surface area contributed by atoms with Gasteiger partial charge in [0.2, 0.25) is 0 Å². The Labute approximate surface area is 142 Å². The Balaban J connectivity index is 1.80. The lowest BCUT2D eigenvalue weighted by atomic mass is 10.1. The fraction of sp³-hybridized carbons (Fsp3) is 0.111. The molecule has 1 aromatic heterocycles. The van der Waals surface area contributed by atoms with Gasteiger partial charge in [0, 0.05) is 17.6 Å². The van der Waals surface area contributed by atoms with E-state index < -0.39 is 10.9 Å². The number of fused-ring (bicyclic) bond motifs is 1. The van der Waals surface area contributed by atoms with Crippen LogP contribution in [0.15, 0.2) is 53.3 Å². The van der Waals surface area contributed by atoms with E-state index in [2.05, 4.69) is 4.98 Å². The van der Waals surface area contributed by atoms with E-state index in [1.165, 1.54) is 18.2 Å². The van der Waals surface area contributed by atoms with Gasteiger partial charge in [-0.05, 0) is 36.1 Å². The summed E-state index contributed by atoms with van der Waals surface area (Å²) < 4.78 is 5.20. The molecule has 3 rings (SSSR count). The highest BCUT2D eigenvalue weighted by Crippen LogP contribution is 2.18. The van der Waals surface area contributed by atoms with Gasteiger partial charge in [-0.25, -0.2) is 4.79 Å². The highest BCUT2D eigenvalue weighted by atomic mass is 16.6. The maximum atomic E-state index is 12.2. The molecule has 0 saturated heterocycles. The van der Waals surface area contributed by atoms with E-state index >= 15 is 0 Å². The number of carbonyl (C=O) groups excluding carboxylic acids is 1. The van der Waals surface area contributed by atoms with Gasteiger partial charge in [0.05, 0.1) is 16.1 Å². The fourth-order valence-corrected chi connectivity index (χ4v) is 2.51. The standard InChI is InChI=1S/C18H14N2O5/c1-11-8-14(20(23)24)6-7-15(11)18(22)25-10-13-9-12-4-2-3-5-16(12)19-17(13)21/h2-9H,10H2,1H3,(H,19,21). The first-order chi connectivity index (χ1) is 12.0. The molecular formula is C18H14N2O5. The molecule has 0 aliphatic heterocycles. The minimum absolute atomic E-state index is 0.0972. The first-order valence-corrected chi connectivity index (χ1v) is 7.49. The Morgan fingerprint density at radius 3 is 2.68 bits per heavy atom. The minimum atomic E-state index is -0.639. The number of pyridine rings is 1. The Morgan fingerprint density at radius 1 is 1.20 bits per heavy atom. The molecule has 0 atom stereocenters. The van der Waals surface area contributed by atoms with E-state index in [1.807, 2.05) is 18.2 Å². The van der Waals surface area contributed by atoms with Crippen LogP contribution in [0.3, 0.4) is 0 Å². The van der Waals surface area contributed by atoms with Crippen molar-refractivity contribution in [1.82, 2.24) is 4.98 Å². The Hall–Kier alpha value is -3.48. The third-order valence-electron chi connectivity index (χ3n) is 3.83. The zero-order chi connectivity index (χ0) is 18.0. The molecule has 0 aliphatic rings. The SMILES string of the molecule is Cc1cc([N+](=O)[O-])ccc1C(=O)OCc1cc2ccccc2[nH]c1=O. The number of ether oxygens (including phenoxy) is 1. The lowest BCUT2D eigenvalue weighted by molar-refractivity contribution is -0.384. The van der Waals surface area contributed by atoms with Crippen LogP contribution < -0.4 is 5.56 Å². The van der Waals surface area contributed by atoms with Gasteiger partial charge < -0.3 is 9.72 Å². The lowest BCUT2D eigenvalue weighted by Gasteiger charge is -2.07. The summed E-state index contributed by atoms with van der Waals surface area (Å²) in [7, 11) is 0. The number of esters is 1. The van der Waals surface area contributed by atoms with Crippen LogP contribution in [0.5, 0.6) is 0 Å². The van der Waals surface area contributed by atoms with Crippen molar-refractivity contribution in [3.63, 3.8) is 0 Å². The van der Waals surface area contributed by atoms with Crippen LogP contribution in [0.4, 0.5) is 5.69 Å². The smallest absolute Gasteiger partial charge is 0.338 e. The molecule has 3 aromatic rings. The average Bonchev–Trinajstić information content (AvgIpc) is 2.59. The summed E-state index contributed by atoms with van der Waals surface area (Å²) in [6.45, 7) is 1.40. The second-order valence-corrected chi connectivity index (χ2v) is 5.54. The van der Waals surface area contributed by atoms with Crippen LogP contribution >= 0.6 is 0 Å². The molecule has 126 valence electrons. The van der Waals surface area contributed by atoms with Gasteiger partial charge in [-0.3, -0.25) is 14.9 Å². The minimum Gasteiger partial charge on any atom is -0.457 e. The van der Waals surface area contributed by atoms with Crippen molar-refractivity contribution in [3.05, 3.63) is 85.7 Å². The van der Waals surface area contributed by atoms with Crippen LogP contribution in [-0.2, 0) is 11.3 Å². The maximum Gasteiger partial charge on any atom is 0.338 e. The quantitative estimate of drug-likeness (QED) is 0.447. The van der Waals surface area contributed by atoms with Gasteiger partial charge in [0.1, 0.15) is 6.61 Å². The van der Waals surface area contributed by atoms with Crippen LogP contribution in [-0.4, -0.2) is 15.9 Å². The monoisotopic (exact) mass is 338 g/mol. The van der Waals surface area contributed by atoms with Crippen LogP contribution in [0, 0.1) is 17.0 Å². The summed E-state index contributed by atoms with van der Waals surface area (Å²) in [4.78, 5) is 37.2. The number of aromatic nitrogens is 1. The maximum absolute atomic E-state index is 12.2. The molecule has 0 bridgehead atoms. The van der Waals surface area contributed by atoms with Crippen molar-refractivity contribution in [2.75, 3.05) is 0 Å². The summed E-state index contributed by atoms with van der Waals surface area (Å²) in [5, 5.41) is 11.6. The number of non-ortho nitro benzene ring substituents is 1. The third kappa shape index (κ3) is 3.40. The fourth-order valence-electron chi connectivity index (χ4n) is 2.51. The molecule has 0 radical (unpaired) electrons. The van der Waals surface area contributed by atoms with Crippen LogP contribution in [0.2, 0.25) is 0 Å². The number of hydrogen-bond acceptors (Lipinski definition) is 5. The third-order valence-corrected chi connectivity index (χ3v) is 3.83. The van der Waals surface area contributed by atoms with E-state index in [1.54, 1.807) is 19.1 Å². The number of H-pyrrole nitrogens is 1. The number of carbonyl (C=O) groups is 1. The molecule has 0 saturated carbocycles. The number of aromatic amines is 1. The molecule has 1 N–H and O–H groups in total. The number of nitrogens with zero attached hydrogens (tertiary/aromatic N) is 1. The first kappa shape index (κ1) is 16.4. The largest absolute Gasteiger partial charge is 0.457 e. The number of nitro benzene ring substituents is 1. The number of nitrogens with one attached hydrogen (secondary N) is 1. The molecule has 1 heterocycles.